The largest absolute Gasteiger partial charge is 0.477 e. The van der Waals surface area contributed by atoms with Gasteiger partial charge in [0.1, 0.15) is 10.7 Å². The third-order valence-electron chi connectivity index (χ3n) is 6.30. The Labute approximate surface area is 183 Å². The zero-order chi connectivity index (χ0) is 21.7. The van der Waals surface area contributed by atoms with Gasteiger partial charge in [-0.15, -0.1) is 11.3 Å². The Kier molecular flexibility index (Phi) is 7.87. The molecule has 5 nitrogen and oxygen atoms in total. The lowest BCUT2D eigenvalue weighted by Crippen LogP contribution is -2.45. The van der Waals surface area contributed by atoms with Crippen molar-refractivity contribution in [3.05, 3.63) is 21.9 Å². The van der Waals surface area contributed by atoms with Crippen LogP contribution in [0.1, 0.15) is 99.0 Å². The number of ketones is 1. The maximum Gasteiger partial charge on any atom is 0.348 e. The molecule has 0 bridgehead atoms. The molecule has 1 fully saturated rings. The normalized spacial score (nSPS) is 18.7. The van der Waals surface area contributed by atoms with Crippen LogP contribution < -0.4 is 4.90 Å². The van der Waals surface area contributed by atoms with Crippen molar-refractivity contribution in [1.82, 2.24) is 0 Å². The van der Waals surface area contributed by atoms with E-state index in [0.717, 1.165) is 43.4 Å². The molecule has 1 aromatic heterocycles. The molecule has 0 saturated heterocycles. The highest BCUT2D eigenvalue weighted by Crippen LogP contribution is 2.40. The van der Waals surface area contributed by atoms with Crippen molar-refractivity contribution < 1.29 is 19.5 Å². The van der Waals surface area contributed by atoms with Crippen LogP contribution in [0.15, 0.2) is 12.1 Å². The molecule has 2 aliphatic carbocycles. The van der Waals surface area contributed by atoms with Gasteiger partial charge in [0.15, 0.2) is 0 Å². The quantitative estimate of drug-likeness (QED) is 0.542. The van der Waals surface area contributed by atoms with Gasteiger partial charge in [-0.3, -0.25) is 9.59 Å². The summed E-state index contributed by atoms with van der Waals surface area (Å²) in [6, 6.07) is 1.81. The molecule has 3 rings (SSSR count). The number of carboxylic acid groups (broad SMARTS) is 1. The molecule has 1 N–H and O–H groups in total. The van der Waals surface area contributed by atoms with Gasteiger partial charge in [-0.1, -0.05) is 32.8 Å². The first kappa shape index (κ1) is 22.7. The number of allylic oxidation sites excluding steroid dienone is 2. The van der Waals surface area contributed by atoms with Gasteiger partial charge < -0.3 is 10.0 Å². The highest BCUT2D eigenvalue weighted by molar-refractivity contribution is 7.15. The Morgan fingerprint density at radius 3 is 2.57 bits per heavy atom. The van der Waals surface area contributed by atoms with Gasteiger partial charge in [-0.2, -0.15) is 0 Å². The molecule has 0 spiro atoms. The summed E-state index contributed by atoms with van der Waals surface area (Å²) < 4.78 is 0. The minimum atomic E-state index is -0.983. The molecule has 30 heavy (non-hydrogen) atoms. The molecule has 1 amide bonds. The maximum atomic E-state index is 13.5. The van der Waals surface area contributed by atoms with Gasteiger partial charge in [0.25, 0.3) is 0 Å². The Hall–Kier alpha value is -1.95. The number of rotatable bonds is 8. The summed E-state index contributed by atoms with van der Waals surface area (Å²) >= 11 is 1.29. The van der Waals surface area contributed by atoms with Crippen LogP contribution in [-0.2, 0) is 9.59 Å². The lowest BCUT2D eigenvalue weighted by atomic mass is 9.91. The molecule has 164 valence electrons. The van der Waals surface area contributed by atoms with E-state index in [2.05, 4.69) is 13.0 Å². The summed E-state index contributed by atoms with van der Waals surface area (Å²) in [7, 11) is 0. The van der Waals surface area contributed by atoms with Gasteiger partial charge >= 0.3 is 5.97 Å². The van der Waals surface area contributed by atoms with Crippen molar-refractivity contribution in [1.29, 1.82) is 0 Å². The third kappa shape index (κ3) is 5.20. The molecule has 0 aromatic carbocycles. The molecule has 1 atom stereocenters. The number of carbonyl (C=O) groups excluding carboxylic acids is 2. The molecule has 2 aliphatic rings. The predicted molar refractivity (Wildman–Crippen MR) is 121 cm³/mol. The molecule has 0 radical (unpaired) electrons. The van der Waals surface area contributed by atoms with E-state index in [4.69, 9.17) is 0 Å². The number of thiophene rings is 1. The van der Waals surface area contributed by atoms with Crippen molar-refractivity contribution in [2.45, 2.75) is 90.5 Å². The number of Topliss-reactive ketones (excluding diaryl/α,β-unsaturated/α-hetero) is 1. The number of amides is 1. The second kappa shape index (κ2) is 10.4. The molecule has 0 aliphatic heterocycles. The number of carbonyl (C=O) groups is 3. The molecule has 1 aromatic rings. The van der Waals surface area contributed by atoms with E-state index in [1.807, 2.05) is 13.0 Å². The van der Waals surface area contributed by atoms with E-state index < -0.39 is 5.97 Å². The van der Waals surface area contributed by atoms with Gasteiger partial charge in [-0.25, -0.2) is 4.79 Å². The molecule has 6 heteroatoms. The summed E-state index contributed by atoms with van der Waals surface area (Å²) in [4.78, 5) is 40.4. The van der Waals surface area contributed by atoms with Crippen LogP contribution in [0.3, 0.4) is 0 Å². The van der Waals surface area contributed by atoms with Crippen LogP contribution in [0.25, 0.3) is 5.57 Å². The minimum absolute atomic E-state index is 0.00715. The van der Waals surface area contributed by atoms with Gasteiger partial charge in [0.05, 0.1) is 5.69 Å². The fraction of sp³-hybridized carbons (Fsp3) is 0.625. The number of carboxylic acids is 1. The van der Waals surface area contributed by atoms with E-state index in [0.29, 0.717) is 31.4 Å². The van der Waals surface area contributed by atoms with Crippen molar-refractivity contribution in [3.8, 4) is 0 Å². The van der Waals surface area contributed by atoms with Crippen LogP contribution >= 0.6 is 11.3 Å². The second-order valence-corrected chi connectivity index (χ2v) is 9.68. The first-order valence-corrected chi connectivity index (χ1v) is 12.1. The predicted octanol–water partition coefficient (Wildman–Crippen LogP) is 6.07. The topological polar surface area (TPSA) is 74.7 Å². The lowest BCUT2D eigenvalue weighted by Gasteiger charge is -2.35. The van der Waals surface area contributed by atoms with Crippen LogP contribution in [0.4, 0.5) is 5.69 Å². The average Bonchev–Trinajstić information content (AvgIpc) is 3.19. The van der Waals surface area contributed by atoms with Gasteiger partial charge in [0, 0.05) is 29.7 Å². The highest BCUT2D eigenvalue weighted by Gasteiger charge is 2.35. The number of nitrogens with zero attached hydrogens (tertiary/aromatic N) is 1. The Morgan fingerprint density at radius 1 is 1.23 bits per heavy atom. The van der Waals surface area contributed by atoms with Crippen LogP contribution in [0.2, 0.25) is 0 Å². The fourth-order valence-corrected chi connectivity index (χ4v) is 5.54. The zero-order valence-electron chi connectivity index (χ0n) is 18.1. The zero-order valence-corrected chi connectivity index (χ0v) is 18.9. The molecular weight excluding hydrogens is 398 g/mol. The number of anilines is 1. The van der Waals surface area contributed by atoms with Crippen LogP contribution in [0, 0.1) is 5.92 Å². The minimum Gasteiger partial charge on any atom is -0.477 e. The Bertz CT molecular complexity index is 815. The summed E-state index contributed by atoms with van der Waals surface area (Å²) in [5, 5.41) is 9.93. The van der Waals surface area contributed by atoms with Gasteiger partial charge in [0.2, 0.25) is 5.91 Å². The highest BCUT2D eigenvalue weighted by atomic mass is 32.1. The van der Waals surface area contributed by atoms with Crippen molar-refractivity contribution >= 4 is 40.3 Å². The fourth-order valence-electron chi connectivity index (χ4n) is 4.48. The van der Waals surface area contributed by atoms with Crippen molar-refractivity contribution in [3.63, 3.8) is 0 Å². The molecule has 1 unspecified atom stereocenters. The Balaban J connectivity index is 2.00. The average molecular weight is 432 g/mol. The standard InChI is InChI=1S/C24H33NO4S/c1-3-4-8-16(2)23(27)25(18-11-13-19(26)14-12-18)20-15-21(30-22(20)24(28)29)17-9-6-5-7-10-17/h9,15-16,18H,3-8,10-14H2,1-2H3,(H,28,29). The first-order chi connectivity index (χ1) is 14.4. The Morgan fingerprint density at radius 2 is 1.97 bits per heavy atom. The molecular formula is C24H33NO4S. The maximum absolute atomic E-state index is 13.5. The number of hydrogen-bond acceptors (Lipinski definition) is 4. The smallest absolute Gasteiger partial charge is 0.348 e. The van der Waals surface area contributed by atoms with Gasteiger partial charge in [-0.05, 0) is 56.6 Å². The summed E-state index contributed by atoms with van der Waals surface area (Å²) in [6.45, 7) is 4.05. The van der Waals surface area contributed by atoms with Crippen molar-refractivity contribution in [2.75, 3.05) is 4.90 Å². The summed E-state index contributed by atoms with van der Waals surface area (Å²) in [6.07, 6.45) is 11.4. The first-order valence-electron chi connectivity index (χ1n) is 11.3. The van der Waals surface area contributed by atoms with E-state index in [-0.39, 0.29) is 28.5 Å². The van der Waals surface area contributed by atoms with E-state index >= 15 is 0 Å². The van der Waals surface area contributed by atoms with E-state index in [1.165, 1.54) is 23.3 Å². The summed E-state index contributed by atoms with van der Waals surface area (Å²) in [5.74, 6) is -0.924. The van der Waals surface area contributed by atoms with Crippen LogP contribution in [0.5, 0.6) is 0 Å². The number of hydrogen-bond donors (Lipinski definition) is 1. The number of aromatic carboxylic acids is 1. The lowest BCUT2D eigenvalue weighted by molar-refractivity contribution is -0.124. The van der Waals surface area contributed by atoms with E-state index in [1.54, 1.807) is 4.90 Å². The summed E-state index contributed by atoms with van der Waals surface area (Å²) in [5.41, 5.74) is 1.73. The van der Waals surface area contributed by atoms with Crippen LogP contribution in [-0.4, -0.2) is 28.8 Å². The van der Waals surface area contributed by atoms with E-state index in [9.17, 15) is 19.5 Å². The third-order valence-corrected chi connectivity index (χ3v) is 7.49. The molecule has 1 heterocycles. The van der Waals surface area contributed by atoms with Crippen molar-refractivity contribution in [2.24, 2.45) is 5.92 Å². The SMILES string of the molecule is CCCCC(C)C(=O)N(c1cc(C2=CCCCC2)sc1C(=O)O)C1CCC(=O)CC1. The monoisotopic (exact) mass is 431 g/mol. The second-order valence-electron chi connectivity index (χ2n) is 8.63. The number of unbranched alkanes of at least 4 members (excludes halogenated alkanes) is 1. The molecule has 1 saturated carbocycles.